The second-order valence-electron chi connectivity index (χ2n) is 4.90. The predicted octanol–water partition coefficient (Wildman–Crippen LogP) is 4.13. The van der Waals surface area contributed by atoms with Crippen LogP contribution >= 0.6 is 11.6 Å². The molecule has 1 aromatic heterocycles. The lowest BCUT2D eigenvalue weighted by molar-refractivity contribution is 0.475. The number of aromatic hydroxyl groups is 1. The number of nitrogens with one attached hydrogen (secondary N) is 2. The van der Waals surface area contributed by atoms with Crippen LogP contribution in [0, 0.1) is 11.3 Å². The van der Waals surface area contributed by atoms with Gasteiger partial charge in [0.2, 0.25) is 0 Å². The predicted molar refractivity (Wildman–Crippen MR) is 93.4 cm³/mol. The number of phenols is 1. The molecule has 0 aliphatic heterocycles. The molecule has 6 nitrogen and oxygen atoms in total. The fourth-order valence-corrected chi connectivity index (χ4v) is 2.26. The van der Waals surface area contributed by atoms with Crippen molar-refractivity contribution < 1.29 is 5.11 Å². The number of rotatable bonds is 4. The SMILES string of the molecule is N#Cc1c(N=Cc2cccc(O)c2)n[nH]c1Nc1cccc(Cl)c1. The summed E-state index contributed by atoms with van der Waals surface area (Å²) in [6.07, 6.45) is 1.53. The van der Waals surface area contributed by atoms with Gasteiger partial charge in [0.05, 0.1) is 0 Å². The number of nitriles is 1. The molecule has 7 heteroatoms. The van der Waals surface area contributed by atoms with E-state index < -0.39 is 0 Å². The van der Waals surface area contributed by atoms with Crippen molar-refractivity contribution in [3.63, 3.8) is 0 Å². The van der Waals surface area contributed by atoms with Crippen LogP contribution in [0.15, 0.2) is 53.5 Å². The summed E-state index contributed by atoms with van der Waals surface area (Å²) in [5, 5.41) is 29.2. The third-order valence-corrected chi connectivity index (χ3v) is 3.39. The Morgan fingerprint density at radius 2 is 2.08 bits per heavy atom. The minimum atomic E-state index is 0.143. The van der Waals surface area contributed by atoms with Crippen molar-refractivity contribution in [2.75, 3.05) is 5.32 Å². The third kappa shape index (κ3) is 3.54. The van der Waals surface area contributed by atoms with Crippen LogP contribution in [0.4, 0.5) is 17.3 Å². The van der Waals surface area contributed by atoms with Gasteiger partial charge in [0.1, 0.15) is 23.2 Å². The van der Waals surface area contributed by atoms with Gasteiger partial charge in [-0.1, -0.05) is 29.8 Å². The molecular weight excluding hydrogens is 326 g/mol. The standard InChI is InChI=1S/C17H12ClN5O/c18-12-4-2-5-13(8-12)21-17-15(9-19)16(22-23-17)20-10-11-3-1-6-14(24)7-11/h1-8,10,24H,(H2,21,22,23). The Bertz CT molecular complexity index is 942. The molecule has 0 saturated carbocycles. The first kappa shape index (κ1) is 15.6. The lowest BCUT2D eigenvalue weighted by Gasteiger charge is -2.03. The van der Waals surface area contributed by atoms with Crippen LogP contribution in [0.25, 0.3) is 0 Å². The van der Waals surface area contributed by atoms with E-state index in [1.807, 2.05) is 6.07 Å². The van der Waals surface area contributed by atoms with E-state index >= 15 is 0 Å². The Morgan fingerprint density at radius 3 is 2.83 bits per heavy atom. The Labute approximate surface area is 143 Å². The summed E-state index contributed by atoms with van der Waals surface area (Å²) in [7, 11) is 0. The van der Waals surface area contributed by atoms with E-state index in [0.717, 1.165) is 5.69 Å². The van der Waals surface area contributed by atoms with Crippen molar-refractivity contribution in [2.24, 2.45) is 4.99 Å². The number of aliphatic imine (C=N–C) groups is 1. The monoisotopic (exact) mass is 337 g/mol. The van der Waals surface area contributed by atoms with Gasteiger partial charge in [-0.15, -0.1) is 0 Å². The molecule has 0 saturated heterocycles. The van der Waals surface area contributed by atoms with Gasteiger partial charge in [-0.25, -0.2) is 4.99 Å². The number of halogens is 1. The molecule has 1 heterocycles. The average Bonchev–Trinajstić information content (AvgIpc) is 2.94. The third-order valence-electron chi connectivity index (χ3n) is 3.16. The van der Waals surface area contributed by atoms with Crippen LogP contribution in [0.2, 0.25) is 5.02 Å². The van der Waals surface area contributed by atoms with Crippen molar-refractivity contribution in [1.82, 2.24) is 10.2 Å². The smallest absolute Gasteiger partial charge is 0.193 e. The van der Waals surface area contributed by atoms with Crippen molar-refractivity contribution in [2.45, 2.75) is 0 Å². The van der Waals surface area contributed by atoms with E-state index in [9.17, 15) is 10.4 Å². The van der Waals surface area contributed by atoms with E-state index in [2.05, 4.69) is 26.6 Å². The Hall–Kier alpha value is -3.30. The highest BCUT2D eigenvalue weighted by Gasteiger charge is 2.12. The number of benzene rings is 2. The van der Waals surface area contributed by atoms with Crippen molar-refractivity contribution >= 4 is 35.1 Å². The average molecular weight is 338 g/mol. The molecule has 24 heavy (non-hydrogen) atoms. The zero-order chi connectivity index (χ0) is 16.9. The minimum absolute atomic E-state index is 0.143. The summed E-state index contributed by atoms with van der Waals surface area (Å²) in [6.45, 7) is 0. The Morgan fingerprint density at radius 1 is 1.25 bits per heavy atom. The number of hydrogen-bond donors (Lipinski definition) is 3. The maximum absolute atomic E-state index is 9.45. The number of phenolic OH excluding ortho intramolecular Hbond substituents is 1. The summed E-state index contributed by atoms with van der Waals surface area (Å²) < 4.78 is 0. The topological polar surface area (TPSA) is 97.1 Å². The molecule has 0 spiro atoms. The van der Waals surface area contributed by atoms with Crippen molar-refractivity contribution in [3.8, 4) is 11.8 Å². The summed E-state index contributed by atoms with van der Waals surface area (Å²) in [4.78, 5) is 4.20. The molecule has 118 valence electrons. The lowest BCUT2D eigenvalue weighted by Crippen LogP contribution is -1.92. The van der Waals surface area contributed by atoms with Crippen molar-refractivity contribution in [1.29, 1.82) is 5.26 Å². The molecular formula is C17H12ClN5O. The molecule has 0 amide bonds. The van der Waals surface area contributed by atoms with E-state index in [-0.39, 0.29) is 17.1 Å². The van der Waals surface area contributed by atoms with Crippen LogP contribution in [0.1, 0.15) is 11.1 Å². The number of aromatic amines is 1. The molecule has 3 rings (SSSR count). The van der Waals surface area contributed by atoms with E-state index in [4.69, 9.17) is 11.6 Å². The van der Waals surface area contributed by atoms with Crippen molar-refractivity contribution in [3.05, 3.63) is 64.7 Å². The number of nitrogens with zero attached hydrogens (tertiary/aromatic N) is 3. The first-order valence-corrected chi connectivity index (χ1v) is 7.37. The Kier molecular flexibility index (Phi) is 4.45. The van der Waals surface area contributed by atoms with Crippen LogP contribution < -0.4 is 5.32 Å². The maximum atomic E-state index is 9.45. The molecule has 3 N–H and O–H groups in total. The first-order valence-electron chi connectivity index (χ1n) is 7.00. The second kappa shape index (κ2) is 6.86. The van der Waals surface area contributed by atoms with Crippen LogP contribution in [-0.2, 0) is 0 Å². The molecule has 0 aliphatic carbocycles. The fraction of sp³-hybridized carbons (Fsp3) is 0. The fourth-order valence-electron chi connectivity index (χ4n) is 2.07. The zero-order valence-electron chi connectivity index (χ0n) is 12.4. The van der Waals surface area contributed by atoms with Crippen LogP contribution in [0.3, 0.4) is 0 Å². The van der Waals surface area contributed by atoms with Crippen LogP contribution in [0.5, 0.6) is 5.75 Å². The highest BCUT2D eigenvalue weighted by Crippen LogP contribution is 2.26. The summed E-state index contributed by atoms with van der Waals surface area (Å²) in [5.74, 6) is 0.831. The van der Waals surface area contributed by atoms with Gasteiger partial charge in [-0.3, -0.25) is 5.10 Å². The number of hydrogen-bond acceptors (Lipinski definition) is 5. The van der Waals surface area contributed by atoms with E-state index in [1.165, 1.54) is 6.21 Å². The Balaban J connectivity index is 1.86. The highest BCUT2D eigenvalue weighted by atomic mass is 35.5. The zero-order valence-corrected chi connectivity index (χ0v) is 13.1. The van der Waals surface area contributed by atoms with Crippen LogP contribution in [-0.4, -0.2) is 21.5 Å². The van der Waals surface area contributed by atoms with Gasteiger partial charge in [-0.2, -0.15) is 10.4 Å². The molecule has 0 aliphatic rings. The van der Waals surface area contributed by atoms with Gasteiger partial charge in [0.15, 0.2) is 5.82 Å². The van der Waals surface area contributed by atoms with Gasteiger partial charge in [-0.05, 0) is 35.9 Å². The molecule has 0 bridgehead atoms. The van der Waals surface area contributed by atoms with E-state index in [0.29, 0.717) is 16.4 Å². The summed E-state index contributed by atoms with van der Waals surface area (Å²) in [5.41, 5.74) is 1.71. The summed E-state index contributed by atoms with van der Waals surface area (Å²) in [6, 6.07) is 15.8. The normalized spacial score (nSPS) is 10.7. The molecule has 3 aromatic rings. The van der Waals surface area contributed by atoms with Gasteiger partial charge < -0.3 is 10.4 Å². The molecule has 0 unspecified atom stereocenters. The van der Waals surface area contributed by atoms with Gasteiger partial charge in [0, 0.05) is 16.9 Å². The lowest BCUT2D eigenvalue weighted by atomic mass is 10.2. The largest absolute Gasteiger partial charge is 0.508 e. The molecule has 2 aromatic carbocycles. The number of H-pyrrole nitrogens is 1. The second-order valence-corrected chi connectivity index (χ2v) is 5.33. The summed E-state index contributed by atoms with van der Waals surface area (Å²) >= 11 is 5.95. The molecule has 0 fully saturated rings. The van der Waals surface area contributed by atoms with Gasteiger partial charge >= 0.3 is 0 Å². The number of anilines is 2. The maximum Gasteiger partial charge on any atom is 0.193 e. The first-order chi connectivity index (χ1) is 11.7. The number of aromatic nitrogens is 2. The van der Waals surface area contributed by atoms with Gasteiger partial charge in [0.25, 0.3) is 0 Å². The van der Waals surface area contributed by atoms with E-state index in [1.54, 1.807) is 42.5 Å². The molecule has 0 radical (unpaired) electrons. The molecule has 0 atom stereocenters. The highest BCUT2D eigenvalue weighted by molar-refractivity contribution is 6.30. The quantitative estimate of drug-likeness (QED) is 0.623. The minimum Gasteiger partial charge on any atom is -0.508 e.